The number of benzene rings is 1. The number of piperidine rings is 1. The summed E-state index contributed by atoms with van der Waals surface area (Å²) in [6, 6.07) is 2.86. The average molecular weight is 428 g/mol. The summed E-state index contributed by atoms with van der Waals surface area (Å²) in [5, 5.41) is 3.31. The molecular weight excluding hydrogens is 398 g/mol. The summed E-state index contributed by atoms with van der Waals surface area (Å²) >= 11 is 6.07. The summed E-state index contributed by atoms with van der Waals surface area (Å²) in [6.07, 6.45) is 0.475. The van der Waals surface area contributed by atoms with Gasteiger partial charge in [0, 0.05) is 32.8 Å². The molecule has 1 aliphatic heterocycles. The normalized spacial score (nSPS) is 20.7. The zero-order valence-electron chi connectivity index (χ0n) is 17.4. The molecule has 3 unspecified atom stereocenters. The Kier molecular flexibility index (Phi) is 8.55. The zero-order chi connectivity index (χ0) is 21.6. The number of nitrogens with two attached hydrogens (primary N) is 1. The van der Waals surface area contributed by atoms with Crippen molar-refractivity contribution in [2.24, 2.45) is 5.92 Å². The van der Waals surface area contributed by atoms with Crippen LogP contribution < -0.4 is 15.8 Å². The van der Waals surface area contributed by atoms with E-state index in [2.05, 4.69) is 10.2 Å². The molecule has 0 bridgehead atoms. The molecule has 1 aliphatic rings. The van der Waals surface area contributed by atoms with E-state index in [4.69, 9.17) is 31.5 Å². The first-order chi connectivity index (χ1) is 13.8. The lowest BCUT2D eigenvalue weighted by molar-refractivity contribution is -0.148. The van der Waals surface area contributed by atoms with E-state index in [9.17, 15) is 9.59 Å². The summed E-state index contributed by atoms with van der Waals surface area (Å²) in [6.45, 7) is 5.93. The molecular formula is C20H30ClN3O5. The third-order valence-electron chi connectivity index (χ3n) is 5.05. The van der Waals surface area contributed by atoms with Crippen LogP contribution in [0.3, 0.4) is 0 Å². The van der Waals surface area contributed by atoms with E-state index in [1.54, 1.807) is 14.0 Å². The molecule has 1 aromatic carbocycles. The molecule has 29 heavy (non-hydrogen) atoms. The highest BCUT2D eigenvalue weighted by molar-refractivity contribution is 6.33. The Labute approximate surface area is 176 Å². The van der Waals surface area contributed by atoms with Gasteiger partial charge in [0.05, 0.1) is 48.1 Å². The van der Waals surface area contributed by atoms with Crippen molar-refractivity contribution in [2.75, 3.05) is 46.2 Å². The molecule has 1 heterocycles. The van der Waals surface area contributed by atoms with Crippen LogP contribution in [-0.2, 0) is 14.3 Å². The number of carbonyl (C=O) groups is 2. The van der Waals surface area contributed by atoms with Crippen molar-refractivity contribution in [3.8, 4) is 5.75 Å². The smallest absolute Gasteiger partial charge is 0.309 e. The lowest BCUT2D eigenvalue weighted by atomic mass is 9.99. The number of halogens is 1. The van der Waals surface area contributed by atoms with Crippen molar-refractivity contribution >= 4 is 29.2 Å². The molecule has 0 saturated carbocycles. The van der Waals surface area contributed by atoms with E-state index in [-0.39, 0.29) is 29.9 Å². The lowest BCUT2D eigenvalue weighted by Gasteiger charge is -2.38. The molecule has 9 heteroatoms. The van der Waals surface area contributed by atoms with Crippen LogP contribution in [0.2, 0.25) is 5.02 Å². The van der Waals surface area contributed by atoms with E-state index in [0.29, 0.717) is 48.1 Å². The maximum Gasteiger partial charge on any atom is 0.309 e. The van der Waals surface area contributed by atoms with Crippen molar-refractivity contribution in [2.45, 2.75) is 32.4 Å². The number of ether oxygens (including phenoxy) is 3. The second-order valence-corrected chi connectivity index (χ2v) is 7.54. The Morgan fingerprint density at radius 1 is 1.38 bits per heavy atom. The van der Waals surface area contributed by atoms with Gasteiger partial charge < -0.3 is 25.3 Å². The number of rotatable bonds is 8. The highest BCUT2D eigenvalue weighted by Gasteiger charge is 2.32. The van der Waals surface area contributed by atoms with Crippen molar-refractivity contribution in [3.63, 3.8) is 0 Å². The minimum absolute atomic E-state index is 0.178. The molecule has 0 spiro atoms. The van der Waals surface area contributed by atoms with E-state index >= 15 is 0 Å². The van der Waals surface area contributed by atoms with Gasteiger partial charge in [-0.2, -0.15) is 0 Å². The topological polar surface area (TPSA) is 103 Å². The SMILES string of the molecule is CCOC(=O)C(C)CN1CCC(NC(=O)c2cc(Cl)c(N)cc2OC)C(OC)C1. The zero-order valence-corrected chi connectivity index (χ0v) is 18.1. The number of hydrogen-bond acceptors (Lipinski definition) is 7. The Morgan fingerprint density at radius 3 is 2.72 bits per heavy atom. The largest absolute Gasteiger partial charge is 0.496 e. The quantitative estimate of drug-likeness (QED) is 0.482. The molecule has 3 N–H and O–H groups in total. The maximum atomic E-state index is 12.8. The van der Waals surface area contributed by atoms with Gasteiger partial charge in [0.2, 0.25) is 0 Å². The van der Waals surface area contributed by atoms with E-state index < -0.39 is 0 Å². The van der Waals surface area contributed by atoms with Gasteiger partial charge in [0.15, 0.2) is 0 Å². The molecule has 1 amide bonds. The van der Waals surface area contributed by atoms with Gasteiger partial charge in [0.25, 0.3) is 5.91 Å². The number of methoxy groups -OCH3 is 2. The van der Waals surface area contributed by atoms with Gasteiger partial charge in [-0.05, 0) is 19.4 Å². The summed E-state index contributed by atoms with van der Waals surface area (Å²) in [4.78, 5) is 26.8. The van der Waals surface area contributed by atoms with Crippen LogP contribution >= 0.6 is 11.6 Å². The van der Waals surface area contributed by atoms with Gasteiger partial charge in [-0.1, -0.05) is 18.5 Å². The standard InChI is InChI=1S/C20H30ClN3O5/c1-5-29-20(26)12(2)10-24-7-6-16(18(11-24)28-4)23-19(25)13-8-14(21)15(22)9-17(13)27-3/h8-9,12,16,18H,5-7,10-11,22H2,1-4H3,(H,23,25). The number of amides is 1. The Balaban J connectivity index is 2.01. The van der Waals surface area contributed by atoms with Crippen LogP contribution in [0.15, 0.2) is 12.1 Å². The van der Waals surface area contributed by atoms with Crippen molar-refractivity contribution in [3.05, 3.63) is 22.7 Å². The molecule has 0 aromatic heterocycles. The number of anilines is 1. The fraction of sp³-hybridized carbons (Fsp3) is 0.600. The summed E-state index contributed by atoms with van der Waals surface area (Å²) in [5.74, 6) is -0.368. The first kappa shape index (κ1) is 23.3. The summed E-state index contributed by atoms with van der Waals surface area (Å²) < 4.78 is 16.0. The number of carbonyl (C=O) groups excluding carboxylic acids is 2. The van der Waals surface area contributed by atoms with E-state index in [1.807, 2.05) is 6.92 Å². The molecule has 1 aromatic rings. The molecule has 0 radical (unpaired) electrons. The second-order valence-electron chi connectivity index (χ2n) is 7.13. The first-order valence-electron chi connectivity index (χ1n) is 9.66. The molecule has 0 aliphatic carbocycles. The monoisotopic (exact) mass is 427 g/mol. The van der Waals surface area contributed by atoms with Crippen LogP contribution in [0.5, 0.6) is 5.75 Å². The highest BCUT2D eigenvalue weighted by atomic mass is 35.5. The number of likely N-dealkylation sites (tertiary alicyclic amines) is 1. The first-order valence-corrected chi connectivity index (χ1v) is 10.0. The second kappa shape index (κ2) is 10.7. The summed E-state index contributed by atoms with van der Waals surface area (Å²) in [7, 11) is 3.09. The predicted molar refractivity (Wildman–Crippen MR) is 111 cm³/mol. The van der Waals surface area contributed by atoms with Crippen LogP contribution in [0.25, 0.3) is 0 Å². The predicted octanol–water partition coefficient (Wildman–Crippen LogP) is 1.95. The molecule has 1 fully saturated rings. The van der Waals surface area contributed by atoms with E-state index in [0.717, 1.165) is 6.54 Å². The van der Waals surface area contributed by atoms with Crippen LogP contribution in [0.1, 0.15) is 30.6 Å². The maximum absolute atomic E-state index is 12.8. The van der Waals surface area contributed by atoms with Crippen molar-refractivity contribution < 1.29 is 23.8 Å². The van der Waals surface area contributed by atoms with Crippen molar-refractivity contribution in [1.82, 2.24) is 10.2 Å². The lowest BCUT2D eigenvalue weighted by Crippen LogP contribution is -2.55. The van der Waals surface area contributed by atoms with E-state index in [1.165, 1.54) is 19.2 Å². The molecule has 162 valence electrons. The third kappa shape index (κ3) is 5.98. The third-order valence-corrected chi connectivity index (χ3v) is 5.37. The van der Waals surface area contributed by atoms with Crippen LogP contribution in [0, 0.1) is 5.92 Å². The van der Waals surface area contributed by atoms with Gasteiger partial charge >= 0.3 is 5.97 Å². The number of nitrogens with zero attached hydrogens (tertiary/aromatic N) is 1. The number of nitrogen functional groups attached to an aromatic ring is 1. The number of nitrogens with one attached hydrogen (secondary N) is 1. The van der Waals surface area contributed by atoms with Crippen molar-refractivity contribution in [1.29, 1.82) is 0 Å². The average Bonchev–Trinajstić information content (AvgIpc) is 2.70. The van der Waals surface area contributed by atoms with Crippen LogP contribution in [0.4, 0.5) is 5.69 Å². The van der Waals surface area contributed by atoms with Gasteiger partial charge in [0.1, 0.15) is 5.75 Å². The molecule has 1 saturated heterocycles. The fourth-order valence-electron chi connectivity index (χ4n) is 3.46. The molecule has 3 atom stereocenters. The van der Waals surface area contributed by atoms with Crippen LogP contribution in [-0.4, -0.2) is 69.4 Å². The number of hydrogen-bond donors (Lipinski definition) is 2. The number of esters is 1. The van der Waals surface area contributed by atoms with Gasteiger partial charge in [-0.15, -0.1) is 0 Å². The Hall–Kier alpha value is -2.03. The minimum Gasteiger partial charge on any atom is -0.496 e. The highest BCUT2D eigenvalue weighted by Crippen LogP contribution is 2.29. The summed E-state index contributed by atoms with van der Waals surface area (Å²) in [5.41, 5.74) is 6.45. The fourth-order valence-corrected chi connectivity index (χ4v) is 3.62. The Bertz CT molecular complexity index is 730. The van der Waals surface area contributed by atoms with Gasteiger partial charge in [-0.3, -0.25) is 14.5 Å². The minimum atomic E-state index is -0.302. The molecule has 8 nitrogen and oxygen atoms in total. The van der Waals surface area contributed by atoms with Gasteiger partial charge in [-0.25, -0.2) is 0 Å². The Morgan fingerprint density at radius 2 is 2.10 bits per heavy atom. The molecule has 2 rings (SSSR count).